The number of fused-ring (bicyclic) bond motifs is 1. The first kappa shape index (κ1) is 21.6. The van der Waals surface area contributed by atoms with Crippen molar-refractivity contribution >= 4 is 33.3 Å². The fourth-order valence-corrected chi connectivity index (χ4v) is 5.88. The molecule has 0 N–H and O–H groups in total. The van der Waals surface area contributed by atoms with Gasteiger partial charge in [-0.3, -0.25) is 14.3 Å². The molecule has 1 aliphatic heterocycles. The lowest BCUT2D eigenvalue weighted by Crippen LogP contribution is -2.37. The molecule has 1 saturated heterocycles. The van der Waals surface area contributed by atoms with Gasteiger partial charge in [-0.15, -0.1) is 11.3 Å². The van der Waals surface area contributed by atoms with Crippen molar-refractivity contribution in [3.8, 4) is 0 Å². The van der Waals surface area contributed by atoms with Crippen molar-refractivity contribution in [2.45, 2.75) is 44.6 Å². The molecule has 1 aromatic carbocycles. The molecule has 4 rings (SSSR count). The number of hydrogen-bond acceptors (Lipinski definition) is 6. The lowest BCUT2D eigenvalue weighted by molar-refractivity contribution is 0.0368. The third-order valence-corrected chi connectivity index (χ3v) is 7.81. The summed E-state index contributed by atoms with van der Waals surface area (Å²) in [5.74, 6) is 0.812. The third kappa shape index (κ3) is 4.80. The molecule has 0 saturated carbocycles. The van der Waals surface area contributed by atoms with E-state index >= 15 is 0 Å². The van der Waals surface area contributed by atoms with Crippen molar-refractivity contribution in [2.24, 2.45) is 0 Å². The molecule has 30 heavy (non-hydrogen) atoms. The number of thioether (sulfide) groups is 1. The second-order valence-corrected chi connectivity index (χ2v) is 10.0. The number of ether oxygens (including phenoxy) is 1. The summed E-state index contributed by atoms with van der Waals surface area (Å²) >= 11 is 3.29. The lowest BCUT2D eigenvalue weighted by Gasteiger charge is -2.26. The summed E-state index contributed by atoms with van der Waals surface area (Å²) in [5.41, 5.74) is 3.69. The maximum absolute atomic E-state index is 13.4. The Kier molecular flexibility index (Phi) is 6.93. The van der Waals surface area contributed by atoms with Crippen LogP contribution in [-0.4, -0.2) is 47.3 Å². The average molecular weight is 444 g/mol. The maximum Gasteiger partial charge on any atom is 0.263 e. The monoisotopic (exact) mass is 443 g/mol. The molecule has 0 spiro atoms. The number of nitrogens with zero attached hydrogens (tertiary/aromatic N) is 3. The molecule has 1 aliphatic rings. The first-order chi connectivity index (χ1) is 14.5. The van der Waals surface area contributed by atoms with Crippen molar-refractivity contribution in [1.29, 1.82) is 0 Å². The van der Waals surface area contributed by atoms with Crippen LogP contribution in [0.25, 0.3) is 10.2 Å². The highest BCUT2D eigenvalue weighted by molar-refractivity contribution is 7.98. The van der Waals surface area contributed by atoms with Gasteiger partial charge in [-0.1, -0.05) is 41.6 Å². The average Bonchev–Trinajstić information content (AvgIpc) is 3.03. The van der Waals surface area contributed by atoms with Crippen LogP contribution in [0.1, 0.15) is 28.0 Å². The van der Waals surface area contributed by atoms with E-state index < -0.39 is 0 Å². The normalized spacial score (nSPS) is 15.2. The van der Waals surface area contributed by atoms with Gasteiger partial charge in [-0.05, 0) is 38.3 Å². The van der Waals surface area contributed by atoms with Gasteiger partial charge < -0.3 is 4.74 Å². The van der Waals surface area contributed by atoms with E-state index in [4.69, 9.17) is 9.72 Å². The van der Waals surface area contributed by atoms with Crippen molar-refractivity contribution < 1.29 is 4.74 Å². The predicted molar refractivity (Wildman–Crippen MR) is 126 cm³/mol. The predicted octanol–water partition coefficient (Wildman–Crippen LogP) is 4.40. The molecule has 0 bridgehead atoms. The van der Waals surface area contributed by atoms with Crippen molar-refractivity contribution in [1.82, 2.24) is 14.5 Å². The van der Waals surface area contributed by atoms with E-state index in [1.807, 2.05) is 11.5 Å². The first-order valence-corrected chi connectivity index (χ1v) is 12.3. The van der Waals surface area contributed by atoms with Crippen molar-refractivity contribution in [3.63, 3.8) is 0 Å². The van der Waals surface area contributed by atoms with E-state index in [-0.39, 0.29) is 5.56 Å². The van der Waals surface area contributed by atoms with E-state index in [0.717, 1.165) is 66.0 Å². The van der Waals surface area contributed by atoms with Gasteiger partial charge in [0.15, 0.2) is 5.16 Å². The van der Waals surface area contributed by atoms with Crippen LogP contribution < -0.4 is 5.56 Å². The molecule has 5 nitrogen and oxygen atoms in total. The summed E-state index contributed by atoms with van der Waals surface area (Å²) in [6, 6.07) is 8.53. The molecule has 3 aromatic rings. The number of aromatic nitrogens is 2. The Balaban J connectivity index is 1.59. The minimum atomic E-state index is 0.107. The highest BCUT2D eigenvalue weighted by atomic mass is 32.2. The number of hydrogen-bond donors (Lipinski definition) is 0. The topological polar surface area (TPSA) is 47.4 Å². The summed E-state index contributed by atoms with van der Waals surface area (Å²) in [6.45, 7) is 11.5. The summed E-state index contributed by atoms with van der Waals surface area (Å²) in [6.07, 6.45) is 0.938. The molecule has 3 heterocycles. The van der Waals surface area contributed by atoms with Crippen molar-refractivity contribution in [3.05, 3.63) is 56.2 Å². The first-order valence-electron chi connectivity index (χ1n) is 10.5. The van der Waals surface area contributed by atoms with Crippen LogP contribution in [-0.2, 0) is 17.0 Å². The summed E-state index contributed by atoms with van der Waals surface area (Å²) in [5, 5.41) is 1.63. The minimum absolute atomic E-state index is 0.107. The smallest absolute Gasteiger partial charge is 0.263 e. The number of rotatable bonds is 7. The zero-order valence-electron chi connectivity index (χ0n) is 17.9. The number of aryl methyl sites for hydroxylation is 3. The zero-order valence-corrected chi connectivity index (χ0v) is 19.6. The fraction of sp³-hybridized carbons (Fsp3) is 0.478. The Hall–Kier alpha value is -1.67. The zero-order chi connectivity index (χ0) is 21.1. The molecule has 160 valence electrons. The van der Waals surface area contributed by atoms with Crippen molar-refractivity contribution in [2.75, 3.05) is 32.8 Å². The molecule has 0 atom stereocenters. The fourth-order valence-electron chi connectivity index (χ4n) is 3.84. The molecule has 2 aromatic heterocycles. The summed E-state index contributed by atoms with van der Waals surface area (Å²) in [7, 11) is 0. The number of thiophene rings is 1. The van der Waals surface area contributed by atoms with E-state index in [1.54, 1.807) is 23.1 Å². The standard InChI is InChI=1S/C23H29N3O2S2/c1-16-6-4-7-19(14-16)15-29-23-24-21-20(17(2)18(3)30-21)22(27)26(23)9-5-8-25-10-12-28-13-11-25/h4,6-7,14H,5,8-13,15H2,1-3H3. The van der Waals surface area contributed by atoms with Crippen LogP contribution in [0, 0.1) is 20.8 Å². The Morgan fingerprint density at radius 3 is 2.73 bits per heavy atom. The quantitative estimate of drug-likeness (QED) is 0.400. The van der Waals surface area contributed by atoms with Gasteiger partial charge in [0.1, 0.15) is 4.83 Å². The van der Waals surface area contributed by atoms with Crippen LogP contribution in [0.3, 0.4) is 0 Å². The van der Waals surface area contributed by atoms with Gasteiger partial charge in [-0.25, -0.2) is 4.98 Å². The minimum Gasteiger partial charge on any atom is -0.379 e. The second-order valence-electron chi connectivity index (χ2n) is 7.90. The molecule has 1 fully saturated rings. The second kappa shape index (κ2) is 9.64. The molecule has 0 aliphatic carbocycles. The van der Waals surface area contributed by atoms with Crippen LogP contribution in [0.15, 0.2) is 34.2 Å². The van der Waals surface area contributed by atoms with E-state index in [9.17, 15) is 4.79 Å². The third-order valence-electron chi connectivity index (χ3n) is 5.66. The van der Waals surface area contributed by atoms with Gasteiger partial charge >= 0.3 is 0 Å². The van der Waals surface area contributed by atoms with Crippen LogP contribution in [0.5, 0.6) is 0 Å². The summed E-state index contributed by atoms with van der Waals surface area (Å²) in [4.78, 5) is 22.8. The van der Waals surface area contributed by atoms with Crippen LogP contribution in [0.2, 0.25) is 0 Å². The number of benzene rings is 1. The molecule has 0 unspecified atom stereocenters. The van der Waals surface area contributed by atoms with Crippen LogP contribution >= 0.6 is 23.1 Å². The Bertz CT molecular complexity index is 1080. The molecule has 0 radical (unpaired) electrons. The van der Waals surface area contributed by atoms with E-state index in [2.05, 4.69) is 43.0 Å². The molecule has 7 heteroatoms. The largest absolute Gasteiger partial charge is 0.379 e. The van der Waals surface area contributed by atoms with Gasteiger partial charge in [0.25, 0.3) is 5.56 Å². The highest BCUT2D eigenvalue weighted by Gasteiger charge is 2.17. The highest BCUT2D eigenvalue weighted by Crippen LogP contribution is 2.29. The van der Waals surface area contributed by atoms with Crippen LogP contribution in [0.4, 0.5) is 0 Å². The van der Waals surface area contributed by atoms with E-state index in [0.29, 0.717) is 6.54 Å². The van der Waals surface area contributed by atoms with Gasteiger partial charge in [-0.2, -0.15) is 0 Å². The molecular weight excluding hydrogens is 414 g/mol. The Morgan fingerprint density at radius 1 is 1.17 bits per heavy atom. The maximum atomic E-state index is 13.4. The Morgan fingerprint density at radius 2 is 1.97 bits per heavy atom. The lowest BCUT2D eigenvalue weighted by atomic mass is 10.2. The summed E-state index contributed by atoms with van der Waals surface area (Å²) < 4.78 is 7.34. The van der Waals surface area contributed by atoms with Gasteiger partial charge in [0, 0.05) is 36.8 Å². The molecular formula is C23H29N3O2S2. The van der Waals surface area contributed by atoms with Gasteiger partial charge in [0.05, 0.1) is 18.6 Å². The SMILES string of the molecule is Cc1cccc(CSc2nc3sc(C)c(C)c3c(=O)n2CCCN2CCOCC2)c1. The molecule has 0 amide bonds. The van der Waals surface area contributed by atoms with Gasteiger partial charge in [0.2, 0.25) is 0 Å². The van der Waals surface area contributed by atoms with E-state index in [1.165, 1.54) is 16.0 Å². The Labute approximate surface area is 186 Å². The number of morpholine rings is 1.